The quantitative estimate of drug-likeness (QED) is 0.318. The second-order valence-corrected chi connectivity index (χ2v) is 5.60. The van der Waals surface area contributed by atoms with E-state index in [1.165, 1.54) is 17.7 Å². The summed E-state index contributed by atoms with van der Waals surface area (Å²) in [5.41, 5.74) is 1.89. The first kappa shape index (κ1) is 18.0. The molecule has 0 saturated heterocycles. The van der Waals surface area contributed by atoms with E-state index in [9.17, 15) is 9.90 Å². The van der Waals surface area contributed by atoms with Gasteiger partial charge in [0.25, 0.3) is 0 Å². The maximum Gasteiger partial charge on any atom is 0.308 e. The van der Waals surface area contributed by atoms with Gasteiger partial charge in [-0.1, -0.05) is 36.8 Å². The molecule has 0 aliphatic carbocycles. The molecule has 5 nitrogen and oxygen atoms in total. The van der Waals surface area contributed by atoms with Crippen LogP contribution in [-0.2, 0) is 20.8 Å². The van der Waals surface area contributed by atoms with Crippen LogP contribution in [0, 0.1) is 0 Å². The molecule has 5 heteroatoms. The fourth-order valence-electron chi connectivity index (χ4n) is 2.40. The molecule has 0 aliphatic rings. The smallest absolute Gasteiger partial charge is 0.308 e. The number of rotatable bonds is 9. The Labute approximate surface area is 142 Å². The number of aromatic hydroxyl groups is 1. The van der Waals surface area contributed by atoms with Crippen molar-refractivity contribution in [1.82, 2.24) is 0 Å². The van der Waals surface area contributed by atoms with E-state index in [2.05, 4.69) is 12.1 Å². The van der Waals surface area contributed by atoms with E-state index < -0.39 is 6.29 Å². The molecule has 0 heterocycles. The fraction of sp³-hybridized carbons (Fsp3) is 0.316. The van der Waals surface area contributed by atoms with Crippen LogP contribution in [0.15, 0.2) is 54.6 Å². The van der Waals surface area contributed by atoms with Crippen LogP contribution >= 0.6 is 0 Å². The largest absolute Gasteiger partial charge is 0.508 e. The molecule has 0 aromatic heterocycles. The summed E-state index contributed by atoms with van der Waals surface area (Å²) >= 11 is 0. The van der Waals surface area contributed by atoms with Gasteiger partial charge in [0.05, 0.1) is 0 Å². The summed E-state index contributed by atoms with van der Waals surface area (Å²) < 4.78 is 5.22. The van der Waals surface area contributed by atoms with Crippen molar-refractivity contribution < 1.29 is 19.5 Å². The topological polar surface area (TPSA) is 81.8 Å². The number of aryl methyl sites for hydroxylation is 1. The third-order valence-electron chi connectivity index (χ3n) is 3.72. The molecule has 3 N–H and O–H groups in total. The first-order chi connectivity index (χ1) is 11.7. The standard InChI is InChI=1S/C19H23NO4/c20-24-19(16-11-13-17(21)14-12-16)23-18(22)10-6-2-5-9-15-7-3-1-4-8-15/h1,3-4,7-8,11-14,19,21H,2,5-6,9-10,20H2/t19-/m1/s1. The van der Waals surface area contributed by atoms with Crippen LogP contribution in [0.3, 0.4) is 0 Å². The van der Waals surface area contributed by atoms with Crippen molar-refractivity contribution in [3.05, 3.63) is 65.7 Å². The Kier molecular flexibility index (Phi) is 7.26. The van der Waals surface area contributed by atoms with Crippen LogP contribution < -0.4 is 5.90 Å². The Morgan fingerprint density at radius 2 is 1.71 bits per heavy atom. The van der Waals surface area contributed by atoms with Crippen LogP contribution in [0.1, 0.15) is 43.1 Å². The Morgan fingerprint density at radius 1 is 1.00 bits per heavy atom. The van der Waals surface area contributed by atoms with Gasteiger partial charge in [-0.05, 0) is 49.1 Å². The van der Waals surface area contributed by atoms with Crippen molar-refractivity contribution in [2.24, 2.45) is 5.90 Å². The van der Waals surface area contributed by atoms with Gasteiger partial charge >= 0.3 is 5.97 Å². The summed E-state index contributed by atoms with van der Waals surface area (Å²) in [6.45, 7) is 0. The number of benzene rings is 2. The summed E-state index contributed by atoms with van der Waals surface area (Å²) in [6.07, 6.45) is 3.13. The lowest BCUT2D eigenvalue weighted by Crippen LogP contribution is -2.17. The zero-order valence-corrected chi connectivity index (χ0v) is 13.6. The van der Waals surface area contributed by atoms with Crippen molar-refractivity contribution in [3.63, 3.8) is 0 Å². The first-order valence-corrected chi connectivity index (χ1v) is 8.07. The minimum Gasteiger partial charge on any atom is -0.508 e. The summed E-state index contributed by atoms with van der Waals surface area (Å²) in [6, 6.07) is 16.4. The zero-order chi connectivity index (χ0) is 17.2. The van der Waals surface area contributed by atoms with Crippen molar-refractivity contribution in [2.75, 3.05) is 0 Å². The molecule has 0 saturated carbocycles. The van der Waals surface area contributed by atoms with E-state index in [0.29, 0.717) is 12.0 Å². The molecule has 2 aromatic carbocycles. The number of carbonyl (C=O) groups is 1. The lowest BCUT2D eigenvalue weighted by Gasteiger charge is -2.15. The molecule has 2 rings (SSSR count). The number of unbranched alkanes of at least 4 members (excludes halogenated alkanes) is 2. The van der Waals surface area contributed by atoms with Gasteiger partial charge in [0, 0.05) is 12.0 Å². The Balaban J connectivity index is 1.67. The Hall–Kier alpha value is -2.37. The summed E-state index contributed by atoms with van der Waals surface area (Å²) in [5, 5.41) is 9.26. The maximum absolute atomic E-state index is 11.9. The van der Waals surface area contributed by atoms with Crippen LogP contribution in [0.4, 0.5) is 0 Å². The predicted molar refractivity (Wildman–Crippen MR) is 90.8 cm³/mol. The minimum atomic E-state index is -0.956. The highest BCUT2D eigenvalue weighted by atomic mass is 16.8. The lowest BCUT2D eigenvalue weighted by atomic mass is 10.1. The monoisotopic (exact) mass is 329 g/mol. The third-order valence-corrected chi connectivity index (χ3v) is 3.72. The van der Waals surface area contributed by atoms with E-state index in [0.717, 1.165) is 25.7 Å². The SMILES string of the molecule is NO[C@@H](OC(=O)CCCCCc1ccccc1)c1ccc(O)cc1. The first-order valence-electron chi connectivity index (χ1n) is 8.07. The highest BCUT2D eigenvalue weighted by Crippen LogP contribution is 2.21. The number of nitrogens with two attached hydrogens (primary N) is 1. The number of ether oxygens (including phenoxy) is 1. The average Bonchev–Trinajstić information content (AvgIpc) is 2.61. The highest BCUT2D eigenvalue weighted by molar-refractivity contribution is 5.69. The van der Waals surface area contributed by atoms with E-state index in [1.54, 1.807) is 12.1 Å². The molecule has 24 heavy (non-hydrogen) atoms. The second-order valence-electron chi connectivity index (χ2n) is 5.60. The van der Waals surface area contributed by atoms with Crippen LogP contribution in [0.5, 0.6) is 5.75 Å². The second kappa shape index (κ2) is 9.70. The van der Waals surface area contributed by atoms with E-state index in [4.69, 9.17) is 15.5 Å². The van der Waals surface area contributed by atoms with Gasteiger partial charge < -0.3 is 9.84 Å². The molecule has 0 radical (unpaired) electrons. The number of phenolic OH excluding ortho intramolecular Hbond substituents is 1. The van der Waals surface area contributed by atoms with Crippen LogP contribution in [0.25, 0.3) is 0 Å². The molecule has 2 aromatic rings. The van der Waals surface area contributed by atoms with Crippen molar-refractivity contribution >= 4 is 5.97 Å². The van der Waals surface area contributed by atoms with Crippen LogP contribution in [0.2, 0.25) is 0 Å². The predicted octanol–water partition coefficient (Wildman–Crippen LogP) is 3.63. The van der Waals surface area contributed by atoms with Gasteiger partial charge in [-0.25, -0.2) is 5.90 Å². The van der Waals surface area contributed by atoms with E-state index >= 15 is 0 Å². The zero-order valence-electron chi connectivity index (χ0n) is 13.6. The van der Waals surface area contributed by atoms with Gasteiger partial charge in [-0.15, -0.1) is 0 Å². The van der Waals surface area contributed by atoms with Gasteiger partial charge in [0.2, 0.25) is 6.29 Å². The van der Waals surface area contributed by atoms with Gasteiger partial charge in [0.15, 0.2) is 0 Å². The van der Waals surface area contributed by atoms with Gasteiger partial charge in [0.1, 0.15) is 5.75 Å². The molecule has 0 fully saturated rings. The molecular weight excluding hydrogens is 306 g/mol. The molecule has 0 amide bonds. The van der Waals surface area contributed by atoms with Crippen LogP contribution in [-0.4, -0.2) is 11.1 Å². The van der Waals surface area contributed by atoms with E-state index in [1.807, 2.05) is 18.2 Å². The van der Waals surface area contributed by atoms with Crippen molar-refractivity contribution in [3.8, 4) is 5.75 Å². The molecule has 0 aliphatic heterocycles. The molecule has 0 spiro atoms. The van der Waals surface area contributed by atoms with Gasteiger partial charge in [-0.3, -0.25) is 9.63 Å². The minimum absolute atomic E-state index is 0.124. The Morgan fingerprint density at radius 3 is 2.38 bits per heavy atom. The maximum atomic E-state index is 11.9. The molecule has 0 bridgehead atoms. The third kappa shape index (κ3) is 6.02. The number of hydrogen-bond acceptors (Lipinski definition) is 5. The Bertz CT molecular complexity index is 613. The number of esters is 1. The summed E-state index contributed by atoms with van der Waals surface area (Å²) in [4.78, 5) is 16.6. The molecule has 0 unspecified atom stereocenters. The lowest BCUT2D eigenvalue weighted by molar-refractivity contribution is -0.182. The molecule has 1 atom stereocenters. The highest BCUT2D eigenvalue weighted by Gasteiger charge is 2.16. The number of carbonyl (C=O) groups excluding carboxylic acids is 1. The summed E-state index contributed by atoms with van der Waals surface area (Å²) in [7, 11) is 0. The number of hydrogen-bond donors (Lipinski definition) is 2. The molecular formula is C19H23NO4. The fourth-order valence-corrected chi connectivity index (χ4v) is 2.40. The summed E-state index contributed by atoms with van der Waals surface area (Å²) in [5.74, 6) is 4.97. The van der Waals surface area contributed by atoms with E-state index in [-0.39, 0.29) is 11.7 Å². The van der Waals surface area contributed by atoms with Crippen molar-refractivity contribution in [2.45, 2.75) is 38.4 Å². The number of phenols is 1. The van der Waals surface area contributed by atoms with Gasteiger partial charge in [-0.2, -0.15) is 0 Å². The van der Waals surface area contributed by atoms with Crippen molar-refractivity contribution in [1.29, 1.82) is 0 Å². The molecule has 128 valence electrons. The average molecular weight is 329 g/mol. The normalized spacial score (nSPS) is 11.9.